The Kier molecular flexibility index (Phi) is 7.43. The van der Waals surface area contributed by atoms with Gasteiger partial charge in [0.15, 0.2) is 0 Å². The van der Waals surface area contributed by atoms with Gasteiger partial charge in [-0.1, -0.05) is 48.0 Å². The standard InChI is InChI=1S/C22H18I2N2O2/c1-15-7-9-18(10-8-15)22(27)26-25-13-17-11-19(23)21(20(24)12-17)28-14-16-5-3-2-4-6-16/h2-13H,14H2,1H3,(H,26,27)/b25-13+. The quantitative estimate of drug-likeness (QED) is 0.231. The summed E-state index contributed by atoms with van der Waals surface area (Å²) in [4.78, 5) is 12.1. The fraction of sp³-hybridized carbons (Fsp3) is 0.0909. The van der Waals surface area contributed by atoms with Crippen LogP contribution >= 0.6 is 45.2 Å². The van der Waals surface area contributed by atoms with Gasteiger partial charge in [0, 0.05) is 5.56 Å². The molecule has 28 heavy (non-hydrogen) atoms. The summed E-state index contributed by atoms with van der Waals surface area (Å²) in [6.45, 7) is 2.50. The number of amides is 1. The molecular weight excluding hydrogens is 578 g/mol. The monoisotopic (exact) mass is 596 g/mol. The normalized spacial score (nSPS) is 10.8. The van der Waals surface area contributed by atoms with E-state index in [0.29, 0.717) is 12.2 Å². The molecule has 1 amide bonds. The number of carbonyl (C=O) groups excluding carboxylic acids is 1. The van der Waals surface area contributed by atoms with Crippen molar-refractivity contribution in [2.45, 2.75) is 13.5 Å². The molecule has 0 unspecified atom stereocenters. The van der Waals surface area contributed by atoms with E-state index < -0.39 is 0 Å². The lowest BCUT2D eigenvalue weighted by molar-refractivity contribution is 0.0955. The molecule has 0 saturated carbocycles. The van der Waals surface area contributed by atoms with Crippen molar-refractivity contribution in [3.05, 3.63) is 96.1 Å². The Hall–Kier alpha value is -1.94. The van der Waals surface area contributed by atoms with E-state index in [1.807, 2.05) is 61.5 Å². The van der Waals surface area contributed by atoms with Crippen LogP contribution in [0.3, 0.4) is 0 Å². The molecule has 3 aromatic carbocycles. The lowest BCUT2D eigenvalue weighted by Crippen LogP contribution is -2.17. The minimum absolute atomic E-state index is 0.233. The van der Waals surface area contributed by atoms with Gasteiger partial charge in [0.1, 0.15) is 12.4 Å². The average molecular weight is 596 g/mol. The highest BCUT2D eigenvalue weighted by Gasteiger charge is 2.09. The molecule has 1 N–H and O–H groups in total. The molecule has 3 aromatic rings. The predicted molar refractivity (Wildman–Crippen MR) is 129 cm³/mol. The van der Waals surface area contributed by atoms with Gasteiger partial charge in [-0.05, 0) is 87.5 Å². The molecule has 0 fully saturated rings. The van der Waals surface area contributed by atoms with E-state index >= 15 is 0 Å². The number of ether oxygens (including phenoxy) is 1. The molecule has 0 spiro atoms. The third-order valence-electron chi connectivity index (χ3n) is 3.94. The third-order valence-corrected chi connectivity index (χ3v) is 5.54. The van der Waals surface area contributed by atoms with Gasteiger partial charge >= 0.3 is 0 Å². The number of rotatable bonds is 6. The van der Waals surface area contributed by atoms with E-state index in [4.69, 9.17) is 4.74 Å². The summed E-state index contributed by atoms with van der Waals surface area (Å²) in [6, 6.07) is 21.4. The van der Waals surface area contributed by atoms with Gasteiger partial charge in [-0.25, -0.2) is 5.43 Å². The summed E-state index contributed by atoms with van der Waals surface area (Å²) in [7, 11) is 0. The van der Waals surface area contributed by atoms with Crippen molar-refractivity contribution < 1.29 is 9.53 Å². The van der Waals surface area contributed by atoms with Gasteiger partial charge in [0.2, 0.25) is 0 Å². The maximum Gasteiger partial charge on any atom is 0.271 e. The Labute approximate surface area is 191 Å². The maximum atomic E-state index is 12.1. The second-order valence-electron chi connectivity index (χ2n) is 6.15. The van der Waals surface area contributed by atoms with Crippen molar-refractivity contribution in [1.29, 1.82) is 0 Å². The van der Waals surface area contributed by atoms with Crippen LogP contribution in [0.4, 0.5) is 0 Å². The molecule has 0 saturated heterocycles. The zero-order chi connectivity index (χ0) is 19.9. The first kappa shape index (κ1) is 20.8. The lowest BCUT2D eigenvalue weighted by Gasteiger charge is -2.11. The van der Waals surface area contributed by atoms with Crippen LogP contribution in [-0.2, 0) is 6.61 Å². The van der Waals surface area contributed by atoms with Crippen LogP contribution in [0.25, 0.3) is 0 Å². The van der Waals surface area contributed by atoms with Crippen LogP contribution in [0.1, 0.15) is 27.0 Å². The molecule has 0 aliphatic rings. The Balaban J connectivity index is 1.64. The van der Waals surface area contributed by atoms with Gasteiger partial charge in [-0.3, -0.25) is 4.79 Å². The van der Waals surface area contributed by atoms with Crippen molar-refractivity contribution >= 4 is 57.3 Å². The zero-order valence-corrected chi connectivity index (χ0v) is 19.5. The van der Waals surface area contributed by atoms with Crippen molar-refractivity contribution in [1.82, 2.24) is 5.43 Å². The average Bonchev–Trinajstić information content (AvgIpc) is 2.68. The first-order chi connectivity index (χ1) is 13.5. The smallest absolute Gasteiger partial charge is 0.271 e. The molecule has 0 heterocycles. The Morgan fingerprint density at radius 1 is 1.04 bits per heavy atom. The molecule has 0 aliphatic carbocycles. The number of halogens is 2. The summed E-state index contributed by atoms with van der Waals surface area (Å²) in [5, 5.41) is 4.07. The van der Waals surface area contributed by atoms with Crippen LogP contribution in [0.5, 0.6) is 5.75 Å². The summed E-state index contributed by atoms with van der Waals surface area (Å²) in [5.74, 6) is 0.620. The Morgan fingerprint density at radius 3 is 2.32 bits per heavy atom. The van der Waals surface area contributed by atoms with Crippen LogP contribution in [0.2, 0.25) is 0 Å². The molecule has 4 nitrogen and oxygen atoms in total. The zero-order valence-electron chi connectivity index (χ0n) is 15.2. The van der Waals surface area contributed by atoms with Crippen molar-refractivity contribution in [2.75, 3.05) is 0 Å². The van der Waals surface area contributed by atoms with E-state index in [1.165, 1.54) is 0 Å². The number of nitrogens with one attached hydrogen (secondary N) is 1. The van der Waals surface area contributed by atoms with E-state index in [2.05, 4.69) is 55.7 Å². The Bertz CT molecular complexity index is 964. The number of hydrogen-bond donors (Lipinski definition) is 1. The number of benzene rings is 3. The number of carbonyl (C=O) groups is 1. The molecule has 0 atom stereocenters. The molecular formula is C22H18I2N2O2. The summed E-state index contributed by atoms with van der Waals surface area (Å²) >= 11 is 4.51. The highest BCUT2D eigenvalue weighted by molar-refractivity contribution is 14.1. The predicted octanol–water partition coefficient (Wildman–Crippen LogP) is 5.55. The third kappa shape index (κ3) is 5.78. The SMILES string of the molecule is Cc1ccc(C(=O)N/N=C/c2cc(I)c(OCc3ccccc3)c(I)c2)cc1. The maximum absolute atomic E-state index is 12.1. The Morgan fingerprint density at radius 2 is 1.68 bits per heavy atom. The lowest BCUT2D eigenvalue weighted by atomic mass is 10.1. The number of nitrogens with zero attached hydrogens (tertiary/aromatic N) is 1. The van der Waals surface area contributed by atoms with Crippen LogP contribution in [0, 0.1) is 14.1 Å². The fourth-order valence-corrected chi connectivity index (χ4v) is 4.58. The van der Waals surface area contributed by atoms with Crippen molar-refractivity contribution in [3.8, 4) is 5.75 Å². The number of aryl methyl sites for hydroxylation is 1. The molecule has 0 aliphatic heterocycles. The summed E-state index contributed by atoms with van der Waals surface area (Å²) in [5.41, 5.74) is 6.27. The molecule has 6 heteroatoms. The van der Waals surface area contributed by atoms with Crippen molar-refractivity contribution in [2.24, 2.45) is 5.10 Å². The summed E-state index contributed by atoms with van der Waals surface area (Å²) in [6.07, 6.45) is 1.64. The summed E-state index contributed by atoms with van der Waals surface area (Å²) < 4.78 is 7.97. The van der Waals surface area contributed by atoms with E-state index in [9.17, 15) is 4.79 Å². The van der Waals surface area contributed by atoms with Gasteiger partial charge in [0.05, 0.1) is 13.4 Å². The molecule has 142 valence electrons. The highest BCUT2D eigenvalue weighted by atomic mass is 127. The molecule has 3 rings (SSSR count). The van der Waals surface area contributed by atoms with E-state index in [-0.39, 0.29) is 5.91 Å². The minimum atomic E-state index is -0.233. The topological polar surface area (TPSA) is 50.7 Å². The molecule has 0 radical (unpaired) electrons. The van der Waals surface area contributed by atoms with Crippen molar-refractivity contribution in [3.63, 3.8) is 0 Å². The minimum Gasteiger partial charge on any atom is -0.487 e. The highest BCUT2D eigenvalue weighted by Crippen LogP contribution is 2.29. The van der Waals surface area contributed by atoms with Gasteiger partial charge in [-0.2, -0.15) is 5.10 Å². The largest absolute Gasteiger partial charge is 0.487 e. The second-order valence-corrected chi connectivity index (χ2v) is 8.48. The number of hydrazone groups is 1. The van der Waals surface area contributed by atoms with Crippen LogP contribution in [-0.4, -0.2) is 12.1 Å². The molecule has 0 aromatic heterocycles. The van der Waals surface area contributed by atoms with E-state index in [1.54, 1.807) is 18.3 Å². The number of hydrogen-bond acceptors (Lipinski definition) is 3. The fourth-order valence-electron chi connectivity index (χ4n) is 2.46. The van der Waals surface area contributed by atoms with E-state index in [0.717, 1.165) is 29.6 Å². The van der Waals surface area contributed by atoms with Gasteiger partial charge in [-0.15, -0.1) is 0 Å². The molecule has 0 bridgehead atoms. The van der Waals surface area contributed by atoms with Gasteiger partial charge in [0.25, 0.3) is 5.91 Å². The van der Waals surface area contributed by atoms with Crippen LogP contribution < -0.4 is 10.2 Å². The second kappa shape index (κ2) is 10.0. The first-order valence-electron chi connectivity index (χ1n) is 8.59. The first-order valence-corrected chi connectivity index (χ1v) is 10.7. The van der Waals surface area contributed by atoms with Gasteiger partial charge < -0.3 is 4.74 Å². The van der Waals surface area contributed by atoms with Crippen LogP contribution in [0.15, 0.2) is 71.8 Å².